The molecule has 2 nitrogen and oxygen atoms in total. The first-order valence-electron chi connectivity index (χ1n) is 7.98. The largest absolute Gasteiger partial charge is 0.490 e. The summed E-state index contributed by atoms with van der Waals surface area (Å²) in [6, 6.07) is 9.23. The third kappa shape index (κ3) is 3.70. The zero-order valence-electron chi connectivity index (χ0n) is 12.3. The van der Waals surface area contributed by atoms with E-state index < -0.39 is 0 Å². The van der Waals surface area contributed by atoms with Crippen LogP contribution in [-0.4, -0.2) is 23.7 Å². The molecule has 1 saturated carbocycles. The number of nitrogens with one attached hydrogen (secondary N) is 1. The minimum Gasteiger partial charge on any atom is -0.490 e. The van der Waals surface area contributed by atoms with Crippen molar-refractivity contribution >= 4 is 11.8 Å². The average molecular weight is 291 g/mol. The fraction of sp³-hybridized carbons (Fsp3) is 0.647. The Balaban J connectivity index is 1.73. The second-order valence-electron chi connectivity index (χ2n) is 5.87. The van der Waals surface area contributed by atoms with Gasteiger partial charge in [-0.2, -0.15) is 11.8 Å². The van der Waals surface area contributed by atoms with Crippen molar-refractivity contribution in [2.75, 3.05) is 12.3 Å². The topological polar surface area (TPSA) is 21.3 Å². The van der Waals surface area contributed by atoms with Crippen molar-refractivity contribution in [3.8, 4) is 5.75 Å². The second-order valence-corrected chi connectivity index (χ2v) is 7.22. The molecule has 0 bridgehead atoms. The van der Waals surface area contributed by atoms with Crippen LogP contribution in [0.4, 0.5) is 0 Å². The van der Waals surface area contributed by atoms with Crippen LogP contribution in [0.5, 0.6) is 5.75 Å². The summed E-state index contributed by atoms with van der Waals surface area (Å²) in [5.41, 5.74) is 1.40. The molecule has 0 amide bonds. The van der Waals surface area contributed by atoms with Crippen LogP contribution < -0.4 is 10.1 Å². The van der Waals surface area contributed by atoms with E-state index in [-0.39, 0.29) is 0 Å². The normalized spacial score (nSPS) is 23.8. The minimum absolute atomic E-state index is 0.477. The molecule has 1 aliphatic carbocycles. The van der Waals surface area contributed by atoms with Gasteiger partial charge in [0.25, 0.3) is 0 Å². The summed E-state index contributed by atoms with van der Waals surface area (Å²) in [7, 11) is 0. The van der Waals surface area contributed by atoms with E-state index in [1.54, 1.807) is 0 Å². The Morgan fingerprint density at radius 2 is 2.25 bits per heavy atom. The first-order valence-corrected chi connectivity index (χ1v) is 9.03. The molecule has 1 aromatic carbocycles. The van der Waals surface area contributed by atoms with Crippen molar-refractivity contribution in [2.24, 2.45) is 0 Å². The van der Waals surface area contributed by atoms with Crippen molar-refractivity contribution < 1.29 is 4.74 Å². The Morgan fingerprint density at radius 1 is 1.35 bits per heavy atom. The molecule has 20 heavy (non-hydrogen) atoms. The molecule has 1 aliphatic heterocycles. The number of benzene rings is 1. The van der Waals surface area contributed by atoms with Crippen molar-refractivity contribution in [2.45, 2.75) is 56.4 Å². The Bertz CT molecular complexity index is 427. The molecular weight excluding hydrogens is 266 g/mol. The number of ether oxygens (including phenoxy) is 1. The zero-order valence-corrected chi connectivity index (χ0v) is 13.1. The quantitative estimate of drug-likeness (QED) is 0.815. The molecule has 1 aromatic rings. The Morgan fingerprint density at radius 3 is 2.95 bits per heavy atom. The molecule has 2 atom stereocenters. The molecule has 1 N–H and O–H groups in total. The molecule has 3 heteroatoms. The summed E-state index contributed by atoms with van der Waals surface area (Å²) in [6.07, 6.45) is 6.80. The maximum atomic E-state index is 5.95. The molecule has 3 rings (SSSR count). The van der Waals surface area contributed by atoms with Crippen LogP contribution in [0.25, 0.3) is 0 Å². The van der Waals surface area contributed by atoms with Gasteiger partial charge in [0.05, 0.1) is 6.10 Å². The number of thioether (sulfide) groups is 1. The Kier molecular flexibility index (Phi) is 4.90. The number of hydrogen-bond acceptors (Lipinski definition) is 3. The van der Waals surface area contributed by atoms with Crippen LogP contribution in [0, 0.1) is 0 Å². The van der Waals surface area contributed by atoms with E-state index in [9.17, 15) is 0 Å². The minimum atomic E-state index is 0.477. The summed E-state index contributed by atoms with van der Waals surface area (Å²) in [5, 5.41) is 4.47. The molecule has 0 aromatic heterocycles. The van der Waals surface area contributed by atoms with Gasteiger partial charge in [0.2, 0.25) is 0 Å². The lowest BCUT2D eigenvalue weighted by Gasteiger charge is -2.25. The predicted octanol–water partition coefficient (Wildman–Crippen LogP) is 4.16. The third-order valence-corrected chi connectivity index (χ3v) is 5.46. The van der Waals surface area contributed by atoms with Gasteiger partial charge in [0.15, 0.2) is 0 Å². The molecule has 1 saturated heterocycles. The Labute approximate surface area is 126 Å². The average Bonchev–Trinajstić information content (AvgIpc) is 3.11. The van der Waals surface area contributed by atoms with Gasteiger partial charge in [0.1, 0.15) is 5.75 Å². The molecule has 110 valence electrons. The van der Waals surface area contributed by atoms with Gasteiger partial charge in [-0.1, -0.05) is 19.1 Å². The smallest absolute Gasteiger partial charge is 0.120 e. The van der Waals surface area contributed by atoms with Gasteiger partial charge in [-0.25, -0.2) is 0 Å². The van der Waals surface area contributed by atoms with Crippen molar-refractivity contribution in [3.05, 3.63) is 29.8 Å². The highest BCUT2D eigenvalue weighted by Gasteiger charge is 2.27. The van der Waals surface area contributed by atoms with Crippen LogP contribution in [0.2, 0.25) is 0 Å². The first kappa shape index (κ1) is 14.3. The van der Waals surface area contributed by atoms with Gasteiger partial charge in [-0.3, -0.25) is 0 Å². The zero-order chi connectivity index (χ0) is 13.8. The Hall–Kier alpha value is -0.670. The predicted molar refractivity (Wildman–Crippen MR) is 86.6 cm³/mol. The highest BCUT2D eigenvalue weighted by Crippen LogP contribution is 2.37. The fourth-order valence-corrected chi connectivity index (χ4v) is 4.20. The van der Waals surface area contributed by atoms with Gasteiger partial charge in [-0.05, 0) is 62.1 Å². The molecule has 1 heterocycles. The summed E-state index contributed by atoms with van der Waals surface area (Å²) < 4.78 is 5.95. The van der Waals surface area contributed by atoms with E-state index >= 15 is 0 Å². The molecular formula is C17H25NOS. The molecule has 0 radical (unpaired) electrons. The second kappa shape index (κ2) is 6.86. The van der Waals surface area contributed by atoms with Crippen LogP contribution in [0.1, 0.15) is 50.6 Å². The lowest BCUT2D eigenvalue weighted by atomic mass is 10.0. The molecule has 2 unspecified atom stereocenters. The van der Waals surface area contributed by atoms with Crippen molar-refractivity contribution in [1.82, 2.24) is 5.32 Å². The maximum absolute atomic E-state index is 5.95. The lowest BCUT2D eigenvalue weighted by Crippen LogP contribution is -2.29. The standard InChI is InChI=1S/C17H25NOS/c1-2-10-18-17(16-7-4-11-20-16)13-5-3-6-15(12-13)19-14-8-9-14/h3,5-6,12,14,16-18H,2,4,7-11H2,1H3. The van der Waals surface area contributed by atoms with Crippen LogP contribution in [0.15, 0.2) is 24.3 Å². The summed E-state index contributed by atoms with van der Waals surface area (Å²) >= 11 is 2.12. The summed E-state index contributed by atoms with van der Waals surface area (Å²) in [4.78, 5) is 0. The van der Waals surface area contributed by atoms with Crippen LogP contribution in [0.3, 0.4) is 0 Å². The SMILES string of the molecule is CCCNC(c1cccc(OC2CC2)c1)C1CCCS1. The van der Waals surface area contributed by atoms with Crippen LogP contribution >= 0.6 is 11.8 Å². The van der Waals surface area contributed by atoms with Gasteiger partial charge in [-0.15, -0.1) is 0 Å². The van der Waals surface area contributed by atoms with E-state index in [1.165, 1.54) is 43.4 Å². The molecule has 2 fully saturated rings. The fourth-order valence-electron chi connectivity index (χ4n) is 2.79. The van der Waals surface area contributed by atoms with E-state index in [2.05, 4.69) is 48.3 Å². The van der Waals surface area contributed by atoms with E-state index in [1.807, 2.05) is 0 Å². The van der Waals surface area contributed by atoms with E-state index in [0.29, 0.717) is 12.1 Å². The van der Waals surface area contributed by atoms with Crippen LogP contribution in [-0.2, 0) is 0 Å². The van der Waals surface area contributed by atoms with Gasteiger partial charge in [0, 0.05) is 11.3 Å². The monoisotopic (exact) mass is 291 g/mol. The van der Waals surface area contributed by atoms with Gasteiger partial charge >= 0.3 is 0 Å². The summed E-state index contributed by atoms with van der Waals surface area (Å²) in [5.74, 6) is 2.36. The van der Waals surface area contributed by atoms with Gasteiger partial charge < -0.3 is 10.1 Å². The number of rotatable bonds is 7. The maximum Gasteiger partial charge on any atom is 0.120 e. The highest BCUT2D eigenvalue weighted by molar-refractivity contribution is 8.00. The van der Waals surface area contributed by atoms with E-state index in [4.69, 9.17) is 4.74 Å². The molecule has 0 spiro atoms. The highest BCUT2D eigenvalue weighted by atomic mass is 32.2. The lowest BCUT2D eigenvalue weighted by molar-refractivity contribution is 0.302. The summed E-state index contributed by atoms with van der Waals surface area (Å²) in [6.45, 7) is 3.33. The third-order valence-electron chi connectivity index (χ3n) is 4.00. The van der Waals surface area contributed by atoms with E-state index in [0.717, 1.165) is 17.5 Å². The van der Waals surface area contributed by atoms with Crippen molar-refractivity contribution in [1.29, 1.82) is 0 Å². The number of hydrogen-bond donors (Lipinski definition) is 1. The first-order chi connectivity index (χ1) is 9.86. The molecule has 2 aliphatic rings. The van der Waals surface area contributed by atoms with Crippen molar-refractivity contribution in [3.63, 3.8) is 0 Å².